The molecule has 0 aromatic heterocycles. The second kappa shape index (κ2) is 7.95. The largest absolute Gasteiger partial charge is 0.384 e. The van der Waals surface area contributed by atoms with E-state index in [9.17, 15) is 14.0 Å². The van der Waals surface area contributed by atoms with Crippen LogP contribution in [0.1, 0.15) is 30.9 Å². The van der Waals surface area contributed by atoms with E-state index in [1.54, 1.807) is 24.1 Å². The maximum atomic E-state index is 13.8. The van der Waals surface area contributed by atoms with Gasteiger partial charge in [-0.15, -0.1) is 0 Å². The molecule has 6 heteroatoms. The molecule has 29 heavy (non-hydrogen) atoms. The Labute approximate surface area is 170 Å². The molecule has 2 amide bonds. The van der Waals surface area contributed by atoms with Crippen molar-refractivity contribution >= 4 is 17.5 Å². The van der Waals surface area contributed by atoms with Gasteiger partial charge in [-0.05, 0) is 36.6 Å². The zero-order valence-corrected chi connectivity index (χ0v) is 16.5. The summed E-state index contributed by atoms with van der Waals surface area (Å²) in [6, 6.07) is 15.9. The molecule has 0 saturated carbocycles. The molecule has 2 aliphatic heterocycles. The van der Waals surface area contributed by atoms with E-state index in [1.807, 2.05) is 35.2 Å². The van der Waals surface area contributed by atoms with Crippen LogP contribution in [-0.2, 0) is 14.3 Å². The first kappa shape index (κ1) is 19.6. The first-order valence-corrected chi connectivity index (χ1v) is 9.98. The summed E-state index contributed by atoms with van der Waals surface area (Å²) < 4.78 is 18.8. The summed E-state index contributed by atoms with van der Waals surface area (Å²) in [5, 5.41) is 0. The van der Waals surface area contributed by atoms with Gasteiger partial charge >= 0.3 is 0 Å². The summed E-state index contributed by atoms with van der Waals surface area (Å²) >= 11 is 0. The maximum Gasteiger partial charge on any atom is 0.236 e. The van der Waals surface area contributed by atoms with Crippen molar-refractivity contribution in [3.05, 3.63) is 66.0 Å². The van der Waals surface area contributed by atoms with Gasteiger partial charge in [0.1, 0.15) is 5.82 Å². The number of hydrogen-bond donors (Lipinski definition) is 0. The minimum atomic E-state index is -0.550. The standard InChI is InChI=1S/C23H25FN2O3/c1-29-15-10-20(27)25-13-11-23(12-14-25)21(17-6-3-2-4-7-17)26(22(23)28)19-9-5-8-18(24)16-19/h2-9,16,21H,10-15H2,1H3. The molecule has 2 saturated heterocycles. The number of methoxy groups -OCH3 is 1. The van der Waals surface area contributed by atoms with Gasteiger partial charge < -0.3 is 14.5 Å². The van der Waals surface area contributed by atoms with Gasteiger partial charge in [-0.2, -0.15) is 0 Å². The predicted molar refractivity (Wildman–Crippen MR) is 108 cm³/mol. The van der Waals surface area contributed by atoms with Gasteiger partial charge in [-0.3, -0.25) is 9.59 Å². The number of likely N-dealkylation sites (tertiary alicyclic amines) is 1. The Hall–Kier alpha value is -2.73. The van der Waals surface area contributed by atoms with Crippen molar-refractivity contribution in [2.75, 3.05) is 31.7 Å². The van der Waals surface area contributed by atoms with Crippen LogP contribution in [0, 0.1) is 11.2 Å². The van der Waals surface area contributed by atoms with E-state index >= 15 is 0 Å². The number of β-lactam (4-membered cyclic amide) rings is 1. The second-order valence-electron chi connectivity index (χ2n) is 7.75. The smallest absolute Gasteiger partial charge is 0.236 e. The molecule has 1 spiro atoms. The third kappa shape index (κ3) is 3.42. The highest BCUT2D eigenvalue weighted by molar-refractivity contribution is 6.06. The SMILES string of the molecule is COCCC(=O)N1CCC2(CC1)C(=O)N(c1cccc(F)c1)C2c1ccccc1. The van der Waals surface area contributed by atoms with Crippen LogP contribution in [0.2, 0.25) is 0 Å². The molecule has 4 rings (SSSR count). The highest BCUT2D eigenvalue weighted by Crippen LogP contribution is 2.57. The number of halogens is 1. The quantitative estimate of drug-likeness (QED) is 0.726. The third-order valence-electron chi connectivity index (χ3n) is 6.16. The molecule has 2 aromatic rings. The van der Waals surface area contributed by atoms with E-state index in [0.717, 1.165) is 5.56 Å². The lowest BCUT2D eigenvalue weighted by Crippen LogP contribution is -2.67. The monoisotopic (exact) mass is 396 g/mol. The zero-order valence-electron chi connectivity index (χ0n) is 16.5. The third-order valence-corrected chi connectivity index (χ3v) is 6.16. The highest BCUT2D eigenvalue weighted by atomic mass is 19.1. The van der Waals surface area contributed by atoms with Crippen molar-refractivity contribution in [3.63, 3.8) is 0 Å². The molecule has 0 aliphatic carbocycles. The molecule has 2 aliphatic rings. The Balaban J connectivity index is 1.60. The van der Waals surface area contributed by atoms with Crippen LogP contribution >= 0.6 is 0 Å². The summed E-state index contributed by atoms with van der Waals surface area (Å²) in [7, 11) is 1.58. The molecule has 2 fully saturated rings. The average Bonchev–Trinajstić information content (AvgIpc) is 2.76. The molecular formula is C23H25FN2O3. The summed E-state index contributed by atoms with van der Waals surface area (Å²) in [4.78, 5) is 29.2. The summed E-state index contributed by atoms with van der Waals surface area (Å²) in [6.45, 7) is 1.50. The Morgan fingerprint density at radius 1 is 1.14 bits per heavy atom. The second-order valence-corrected chi connectivity index (χ2v) is 7.75. The molecule has 152 valence electrons. The predicted octanol–water partition coefficient (Wildman–Crippen LogP) is 3.56. The number of rotatable bonds is 5. The first-order valence-electron chi connectivity index (χ1n) is 9.98. The lowest BCUT2D eigenvalue weighted by Gasteiger charge is -2.59. The number of anilines is 1. The number of carbonyl (C=O) groups is 2. The van der Waals surface area contributed by atoms with Gasteiger partial charge in [-0.25, -0.2) is 4.39 Å². The Kier molecular flexibility index (Phi) is 5.37. The number of nitrogens with zero attached hydrogens (tertiary/aromatic N) is 2. The molecule has 5 nitrogen and oxygen atoms in total. The van der Waals surface area contributed by atoms with Crippen LogP contribution in [0.3, 0.4) is 0 Å². The molecule has 1 atom stereocenters. The van der Waals surface area contributed by atoms with Gasteiger partial charge in [0.05, 0.1) is 24.5 Å². The Morgan fingerprint density at radius 3 is 2.52 bits per heavy atom. The van der Waals surface area contributed by atoms with E-state index in [0.29, 0.717) is 44.6 Å². The molecule has 0 radical (unpaired) electrons. The van der Waals surface area contributed by atoms with Crippen molar-refractivity contribution in [1.29, 1.82) is 0 Å². The zero-order chi connectivity index (χ0) is 20.4. The fraction of sp³-hybridized carbons (Fsp3) is 0.391. The number of amides is 2. The van der Waals surface area contributed by atoms with E-state index in [2.05, 4.69) is 0 Å². The van der Waals surface area contributed by atoms with E-state index in [1.165, 1.54) is 12.1 Å². The lowest BCUT2D eigenvalue weighted by molar-refractivity contribution is -0.149. The van der Waals surface area contributed by atoms with Crippen LogP contribution in [0.25, 0.3) is 0 Å². The first-order chi connectivity index (χ1) is 14.1. The maximum absolute atomic E-state index is 13.8. The highest BCUT2D eigenvalue weighted by Gasteiger charge is 2.62. The Bertz CT molecular complexity index is 894. The molecule has 2 heterocycles. The van der Waals surface area contributed by atoms with Crippen LogP contribution in [0.15, 0.2) is 54.6 Å². The normalized spacial score (nSPS) is 20.6. The average molecular weight is 396 g/mol. The number of piperidine rings is 1. The van der Waals surface area contributed by atoms with Crippen LogP contribution in [0.4, 0.5) is 10.1 Å². The molecular weight excluding hydrogens is 371 g/mol. The van der Waals surface area contributed by atoms with E-state index < -0.39 is 5.41 Å². The number of carbonyl (C=O) groups excluding carboxylic acids is 2. The van der Waals surface area contributed by atoms with Gasteiger partial charge in [-0.1, -0.05) is 36.4 Å². The van der Waals surface area contributed by atoms with Gasteiger partial charge in [0.2, 0.25) is 11.8 Å². The van der Waals surface area contributed by atoms with E-state index in [4.69, 9.17) is 4.74 Å². The number of ether oxygens (including phenoxy) is 1. The fourth-order valence-corrected chi connectivity index (χ4v) is 4.64. The van der Waals surface area contributed by atoms with E-state index in [-0.39, 0.29) is 23.7 Å². The molecule has 2 aromatic carbocycles. The molecule has 0 bridgehead atoms. The van der Waals surface area contributed by atoms with Crippen molar-refractivity contribution in [3.8, 4) is 0 Å². The fourth-order valence-electron chi connectivity index (χ4n) is 4.64. The van der Waals surface area contributed by atoms with Gasteiger partial charge in [0, 0.05) is 25.9 Å². The molecule has 0 N–H and O–H groups in total. The minimum Gasteiger partial charge on any atom is -0.384 e. The van der Waals surface area contributed by atoms with Gasteiger partial charge in [0.15, 0.2) is 0 Å². The number of hydrogen-bond acceptors (Lipinski definition) is 3. The van der Waals surface area contributed by atoms with Crippen LogP contribution in [0.5, 0.6) is 0 Å². The van der Waals surface area contributed by atoms with Crippen molar-refractivity contribution < 1.29 is 18.7 Å². The summed E-state index contributed by atoms with van der Waals surface area (Å²) in [6.07, 6.45) is 1.57. The topological polar surface area (TPSA) is 49.9 Å². The summed E-state index contributed by atoms with van der Waals surface area (Å²) in [5.41, 5.74) is 1.06. The van der Waals surface area contributed by atoms with Crippen molar-refractivity contribution in [2.24, 2.45) is 5.41 Å². The minimum absolute atomic E-state index is 0.0148. The Morgan fingerprint density at radius 2 is 1.86 bits per heavy atom. The van der Waals surface area contributed by atoms with Crippen molar-refractivity contribution in [2.45, 2.75) is 25.3 Å². The summed E-state index contributed by atoms with van der Waals surface area (Å²) in [5.74, 6) is -0.283. The molecule has 1 unspecified atom stereocenters. The van der Waals surface area contributed by atoms with Crippen LogP contribution in [-0.4, -0.2) is 43.5 Å². The number of benzene rings is 2. The van der Waals surface area contributed by atoms with Crippen LogP contribution < -0.4 is 4.90 Å². The van der Waals surface area contributed by atoms with Gasteiger partial charge in [0.25, 0.3) is 0 Å². The van der Waals surface area contributed by atoms with Crippen molar-refractivity contribution in [1.82, 2.24) is 4.90 Å². The lowest BCUT2D eigenvalue weighted by atomic mass is 9.62.